The number of amides is 2. The lowest BCUT2D eigenvalue weighted by atomic mass is 10.1. The zero-order valence-electron chi connectivity index (χ0n) is 15.8. The minimum atomic E-state index is -0.107. The number of rotatable bonds is 4. The van der Waals surface area contributed by atoms with Crippen molar-refractivity contribution in [2.45, 2.75) is 5.37 Å². The predicted octanol–water partition coefficient (Wildman–Crippen LogP) is 5.14. The number of carbonyl (C=O) groups excluding carboxylic acids is 1. The SMILES string of the molecule is COc1ccc(C2SCCN2C(=O)Nc2cccc3ccccc23)c(OC)c1. The molecule has 4 rings (SSSR count). The van der Waals surface area contributed by atoms with Gasteiger partial charge in [0, 0.05) is 29.3 Å². The maximum absolute atomic E-state index is 13.1. The molecule has 1 saturated heterocycles. The number of ether oxygens (including phenoxy) is 2. The predicted molar refractivity (Wildman–Crippen MR) is 114 cm³/mol. The number of nitrogens with one attached hydrogen (secondary N) is 1. The number of benzene rings is 3. The highest BCUT2D eigenvalue weighted by atomic mass is 32.2. The van der Waals surface area contributed by atoms with Crippen LogP contribution in [0.3, 0.4) is 0 Å². The van der Waals surface area contributed by atoms with Crippen LogP contribution in [0.25, 0.3) is 10.8 Å². The Labute approximate surface area is 168 Å². The van der Waals surface area contributed by atoms with Gasteiger partial charge in [-0.1, -0.05) is 36.4 Å². The first-order chi connectivity index (χ1) is 13.7. The highest BCUT2D eigenvalue weighted by molar-refractivity contribution is 7.99. The summed E-state index contributed by atoms with van der Waals surface area (Å²) < 4.78 is 10.8. The molecule has 144 valence electrons. The summed E-state index contributed by atoms with van der Waals surface area (Å²) in [4.78, 5) is 15.0. The van der Waals surface area contributed by atoms with E-state index in [9.17, 15) is 4.79 Å². The number of carbonyl (C=O) groups is 1. The van der Waals surface area contributed by atoms with Crippen molar-refractivity contribution in [3.63, 3.8) is 0 Å². The molecule has 28 heavy (non-hydrogen) atoms. The summed E-state index contributed by atoms with van der Waals surface area (Å²) >= 11 is 1.73. The standard InChI is InChI=1S/C22H22N2O3S/c1-26-16-10-11-18(20(14-16)27-2)21-24(12-13-28-21)22(25)23-19-9-5-7-15-6-3-4-8-17(15)19/h3-11,14,21H,12-13H2,1-2H3,(H,23,25). The molecular weight excluding hydrogens is 372 g/mol. The first kappa shape index (κ1) is 18.5. The molecule has 1 N–H and O–H groups in total. The van der Waals surface area contributed by atoms with Gasteiger partial charge in [0.2, 0.25) is 0 Å². The lowest BCUT2D eigenvalue weighted by Crippen LogP contribution is -2.34. The van der Waals surface area contributed by atoms with Crippen LogP contribution < -0.4 is 14.8 Å². The number of hydrogen-bond acceptors (Lipinski definition) is 4. The van der Waals surface area contributed by atoms with Gasteiger partial charge in [0.25, 0.3) is 0 Å². The Morgan fingerprint density at radius 3 is 2.71 bits per heavy atom. The van der Waals surface area contributed by atoms with Crippen molar-refractivity contribution >= 4 is 34.3 Å². The average Bonchev–Trinajstić information content (AvgIpc) is 3.23. The van der Waals surface area contributed by atoms with E-state index in [0.29, 0.717) is 6.54 Å². The molecule has 1 atom stereocenters. The smallest absolute Gasteiger partial charge is 0.323 e. The van der Waals surface area contributed by atoms with Gasteiger partial charge in [-0.3, -0.25) is 0 Å². The van der Waals surface area contributed by atoms with Crippen LogP contribution in [0.15, 0.2) is 60.7 Å². The molecule has 0 radical (unpaired) electrons. The summed E-state index contributed by atoms with van der Waals surface area (Å²) in [6, 6.07) is 19.6. The summed E-state index contributed by atoms with van der Waals surface area (Å²) in [5, 5.41) is 5.13. The first-order valence-corrected chi connectivity index (χ1v) is 10.1. The van der Waals surface area contributed by atoms with Gasteiger partial charge in [-0.05, 0) is 23.6 Å². The van der Waals surface area contributed by atoms with Gasteiger partial charge in [0.1, 0.15) is 16.9 Å². The van der Waals surface area contributed by atoms with Crippen molar-refractivity contribution < 1.29 is 14.3 Å². The van der Waals surface area contributed by atoms with Gasteiger partial charge in [-0.15, -0.1) is 11.8 Å². The van der Waals surface area contributed by atoms with Crippen molar-refractivity contribution in [1.29, 1.82) is 0 Å². The molecule has 3 aromatic rings. The molecule has 1 aliphatic heterocycles. The van der Waals surface area contributed by atoms with Crippen molar-refractivity contribution in [3.8, 4) is 11.5 Å². The molecule has 6 heteroatoms. The molecule has 3 aromatic carbocycles. The first-order valence-electron chi connectivity index (χ1n) is 9.10. The van der Waals surface area contributed by atoms with Crippen LogP contribution >= 0.6 is 11.8 Å². The van der Waals surface area contributed by atoms with Crippen molar-refractivity contribution in [3.05, 3.63) is 66.2 Å². The lowest BCUT2D eigenvalue weighted by Gasteiger charge is -2.26. The van der Waals surface area contributed by atoms with E-state index in [1.165, 1.54) is 0 Å². The lowest BCUT2D eigenvalue weighted by molar-refractivity contribution is 0.213. The van der Waals surface area contributed by atoms with E-state index < -0.39 is 0 Å². The van der Waals surface area contributed by atoms with Crippen LogP contribution in [-0.4, -0.2) is 37.4 Å². The second-order valence-electron chi connectivity index (χ2n) is 6.48. The molecule has 2 amide bonds. The summed E-state index contributed by atoms with van der Waals surface area (Å²) in [6.45, 7) is 0.682. The topological polar surface area (TPSA) is 50.8 Å². The van der Waals surface area contributed by atoms with E-state index >= 15 is 0 Å². The summed E-state index contributed by atoms with van der Waals surface area (Å²) in [5.41, 5.74) is 1.79. The quantitative estimate of drug-likeness (QED) is 0.666. The Morgan fingerprint density at radius 2 is 1.89 bits per heavy atom. The van der Waals surface area contributed by atoms with Gasteiger partial charge in [0.05, 0.1) is 19.9 Å². The van der Waals surface area contributed by atoms with Crippen LogP contribution in [0.2, 0.25) is 0 Å². The fraction of sp³-hybridized carbons (Fsp3) is 0.227. The van der Waals surface area contributed by atoms with E-state index in [0.717, 1.165) is 39.3 Å². The van der Waals surface area contributed by atoms with E-state index in [1.807, 2.05) is 65.6 Å². The van der Waals surface area contributed by atoms with Crippen molar-refractivity contribution in [2.24, 2.45) is 0 Å². The molecule has 1 fully saturated rings. The Bertz CT molecular complexity index is 1000. The summed E-state index contributed by atoms with van der Waals surface area (Å²) in [7, 11) is 3.26. The monoisotopic (exact) mass is 394 g/mol. The minimum absolute atomic E-state index is 0.101. The van der Waals surface area contributed by atoms with Gasteiger partial charge >= 0.3 is 6.03 Å². The number of methoxy groups -OCH3 is 2. The maximum Gasteiger partial charge on any atom is 0.323 e. The molecule has 0 spiro atoms. The Balaban J connectivity index is 1.61. The van der Waals surface area contributed by atoms with Crippen molar-refractivity contribution in [1.82, 2.24) is 4.90 Å². The van der Waals surface area contributed by atoms with Crippen LogP contribution in [-0.2, 0) is 0 Å². The second-order valence-corrected chi connectivity index (χ2v) is 7.67. The third-order valence-corrected chi connectivity index (χ3v) is 6.13. The van der Waals surface area contributed by atoms with Crippen LogP contribution in [0.4, 0.5) is 10.5 Å². The third kappa shape index (κ3) is 3.47. The number of nitrogens with zero attached hydrogens (tertiary/aromatic N) is 1. The second kappa shape index (κ2) is 8.02. The molecular formula is C22H22N2O3S. The minimum Gasteiger partial charge on any atom is -0.497 e. The van der Waals surface area contributed by atoms with Crippen molar-refractivity contribution in [2.75, 3.05) is 31.8 Å². The highest BCUT2D eigenvalue weighted by Crippen LogP contribution is 2.43. The molecule has 1 aliphatic rings. The van der Waals surface area contributed by atoms with E-state index in [2.05, 4.69) is 5.32 Å². The molecule has 1 unspecified atom stereocenters. The average molecular weight is 394 g/mol. The normalized spacial score (nSPS) is 16.2. The van der Waals surface area contributed by atoms with Crippen LogP contribution in [0.1, 0.15) is 10.9 Å². The molecule has 0 aromatic heterocycles. The fourth-order valence-electron chi connectivity index (χ4n) is 3.48. The molecule has 0 aliphatic carbocycles. The molecule has 0 bridgehead atoms. The van der Waals surface area contributed by atoms with Gasteiger partial charge < -0.3 is 19.7 Å². The number of anilines is 1. The maximum atomic E-state index is 13.1. The van der Waals surface area contributed by atoms with Crippen LogP contribution in [0.5, 0.6) is 11.5 Å². The van der Waals surface area contributed by atoms with Crippen LogP contribution in [0, 0.1) is 0 Å². The Hall–Kier alpha value is -2.86. The summed E-state index contributed by atoms with van der Waals surface area (Å²) in [5.74, 6) is 2.33. The molecule has 5 nitrogen and oxygen atoms in total. The van der Waals surface area contributed by atoms with Gasteiger partial charge in [-0.25, -0.2) is 4.79 Å². The van der Waals surface area contributed by atoms with E-state index in [1.54, 1.807) is 26.0 Å². The fourth-order valence-corrected chi connectivity index (χ4v) is 4.76. The number of urea groups is 1. The summed E-state index contributed by atoms with van der Waals surface area (Å²) in [6.07, 6.45) is 0. The zero-order valence-corrected chi connectivity index (χ0v) is 16.7. The van der Waals surface area contributed by atoms with Gasteiger partial charge in [-0.2, -0.15) is 0 Å². The van der Waals surface area contributed by atoms with E-state index in [4.69, 9.17) is 9.47 Å². The largest absolute Gasteiger partial charge is 0.497 e. The highest BCUT2D eigenvalue weighted by Gasteiger charge is 2.33. The molecule has 0 saturated carbocycles. The Morgan fingerprint density at radius 1 is 1.07 bits per heavy atom. The van der Waals surface area contributed by atoms with E-state index in [-0.39, 0.29) is 11.4 Å². The number of fused-ring (bicyclic) bond motifs is 1. The Kier molecular flexibility index (Phi) is 5.30. The number of thioether (sulfide) groups is 1. The third-order valence-electron chi connectivity index (χ3n) is 4.89. The zero-order chi connectivity index (χ0) is 19.5. The molecule has 1 heterocycles. The number of hydrogen-bond donors (Lipinski definition) is 1. The van der Waals surface area contributed by atoms with Gasteiger partial charge in [0.15, 0.2) is 0 Å².